The quantitative estimate of drug-likeness (QED) is 0.640. The molecule has 0 amide bonds. The molecule has 0 unspecified atom stereocenters. The SMILES string of the molecule is FC(F)(F)c1cc(Cl)nc2ccnn12. The minimum absolute atomic E-state index is 0.0739. The summed E-state index contributed by atoms with van der Waals surface area (Å²) in [5.41, 5.74) is -0.859. The molecule has 0 aliphatic heterocycles. The number of halogens is 4. The Labute approximate surface area is 81.1 Å². The predicted molar refractivity (Wildman–Crippen MR) is 43.0 cm³/mol. The highest BCUT2D eigenvalue weighted by molar-refractivity contribution is 6.29. The topological polar surface area (TPSA) is 30.2 Å². The van der Waals surface area contributed by atoms with Crippen molar-refractivity contribution >= 4 is 17.2 Å². The van der Waals surface area contributed by atoms with E-state index in [-0.39, 0.29) is 10.8 Å². The number of alkyl halides is 3. The fraction of sp³-hybridized carbons (Fsp3) is 0.143. The van der Waals surface area contributed by atoms with Crippen LogP contribution in [0.2, 0.25) is 5.15 Å². The minimum atomic E-state index is -4.49. The van der Waals surface area contributed by atoms with Crippen molar-refractivity contribution in [1.29, 1.82) is 0 Å². The van der Waals surface area contributed by atoms with Crippen molar-refractivity contribution in [3.05, 3.63) is 29.2 Å². The molecule has 0 fully saturated rings. The predicted octanol–water partition coefficient (Wildman–Crippen LogP) is 2.40. The summed E-state index contributed by atoms with van der Waals surface area (Å²) in [5, 5.41) is 3.30. The Morgan fingerprint density at radius 3 is 2.71 bits per heavy atom. The van der Waals surface area contributed by atoms with Crippen LogP contribution in [-0.2, 0) is 6.18 Å². The minimum Gasteiger partial charge on any atom is -0.217 e. The zero-order valence-corrected chi connectivity index (χ0v) is 7.34. The Balaban J connectivity index is 2.80. The second-order valence-corrected chi connectivity index (χ2v) is 2.95. The number of aromatic nitrogens is 3. The number of hydrogen-bond acceptors (Lipinski definition) is 2. The third-order valence-electron chi connectivity index (χ3n) is 1.62. The van der Waals surface area contributed by atoms with E-state index in [0.717, 1.165) is 6.07 Å². The fourth-order valence-corrected chi connectivity index (χ4v) is 1.27. The number of hydrogen-bond donors (Lipinski definition) is 0. The van der Waals surface area contributed by atoms with Gasteiger partial charge in [0.15, 0.2) is 11.3 Å². The lowest BCUT2D eigenvalue weighted by atomic mass is 10.4. The molecule has 2 aromatic rings. The second kappa shape index (κ2) is 2.84. The number of nitrogens with zero attached hydrogens (tertiary/aromatic N) is 3. The van der Waals surface area contributed by atoms with Gasteiger partial charge >= 0.3 is 6.18 Å². The first-order valence-corrected chi connectivity index (χ1v) is 3.94. The molecule has 2 heterocycles. The molecule has 74 valence electrons. The number of rotatable bonds is 0. The van der Waals surface area contributed by atoms with Gasteiger partial charge in [0.1, 0.15) is 5.15 Å². The average molecular weight is 222 g/mol. The van der Waals surface area contributed by atoms with Gasteiger partial charge in [-0.05, 0) is 0 Å². The summed E-state index contributed by atoms with van der Waals surface area (Å²) in [6.45, 7) is 0. The van der Waals surface area contributed by atoms with Crippen LogP contribution >= 0.6 is 11.6 Å². The number of fused-ring (bicyclic) bond motifs is 1. The molecule has 0 saturated carbocycles. The summed E-state index contributed by atoms with van der Waals surface area (Å²) in [6, 6.07) is 2.09. The van der Waals surface area contributed by atoms with Gasteiger partial charge in [-0.3, -0.25) is 0 Å². The lowest BCUT2D eigenvalue weighted by Gasteiger charge is -2.08. The first kappa shape index (κ1) is 9.26. The van der Waals surface area contributed by atoms with Crippen molar-refractivity contribution in [3.63, 3.8) is 0 Å². The summed E-state index contributed by atoms with van der Waals surface area (Å²) in [5.74, 6) is 0. The van der Waals surface area contributed by atoms with Crippen molar-refractivity contribution in [3.8, 4) is 0 Å². The van der Waals surface area contributed by atoms with Crippen LogP contribution in [0.3, 0.4) is 0 Å². The largest absolute Gasteiger partial charge is 0.433 e. The molecule has 0 N–H and O–H groups in total. The highest BCUT2D eigenvalue weighted by Crippen LogP contribution is 2.30. The van der Waals surface area contributed by atoms with Crippen molar-refractivity contribution in [2.24, 2.45) is 0 Å². The van der Waals surface area contributed by atoms with Gasteiger partial charge in [-0.25, -0.2) is 9.50 Å². The van der Waals surface area contributed by atoms with Gasteiger partial charge in [-0.2, -0.15) is 18.3 Å². The van der Waals surface area contributed by atoms with Gasteiger partial charge < -0.3 is 0 Å². The lowest BCUT2D eigenvalue weighted by Crippen LogP contribution is -2.13. The summed E-state index contributed by atoms with van der Waals surface area (Å²) >= 11 is 5.43. The molecule has 0 atom stereocenters. The van der Waals surface area contributed by atoms with E-state index >= 15 is 0 Å². The van der Waals surface area contributed by atoms with E-state index in [0.29, 0.717) is 4.52 Å². The van der Waals surface area contributed by atoms with Crippen LogP contribution in [0, 0.1) is 0 Å². The van der Waals surface area contributed by atoms with Gasteiger partial charge in [0, 0.05) is 12.1 Å². The van der Waals surface area contributed by atoms with E-state index in [1.54, 1.807) is 0 Å². The van der Waals surface area contributed by atoms with Crippen LogP contribution < -0.4 is 0 Å². The lowest BCUT2D eigenvalue weighted by molar-refractivity contribution is -0.142. The molecule has 2 aromatic heterocycles. The van der Waals surface area contributed by atoms with E-state index in [2.05, 4.69) is 10.1 Å². The first-order valence-electron chi connectivity index (χ1n) is 3.56. The van der Waals surface area contributed by atoms with Crippen molar-refractivity contribution < 1.29 is 13.2 Å². The van der Waals surface area contributed by atoms with E-state index < -0.39 is 11.9 Å². The zero-order chi connectivity index (χ0) is 10.3. The average Bonchev–Trinajstić information content (AvgIpc) is 2.47. The van der Waals surface area contributed by atoms with Gasteiger partial charge in [0.25, 0.3) is 0 Å². The fourth-order valence-electron chi connectivity index (χ4n) is 1.08. The smallest absolute Gasteiger partial charge is 0.217 e. The van der Waals surface area contributed by atoms with Crippen LogP contribution in [0.25, 0.3) is 5.65 Å². The third-order valence-corrected chi connectivity index (χ3v) is 1.81. The van der Waals surface area contributed by atoms with Crippen LogP contribution in [-0.4, -0.2) is 14.6 Å². The van der Waals surface area contributed by atoms with E-state index in [1.165, 1.54) is 12.3 Å². The maximum atomic E-state index is 12.4. The molecular weight excluding hydrogens is 219 g/mol. The van der Waals surface area contributed by atoms with Crippen molar-refractivity contribution in [1.82, 2.24) is 14.6 Å². The van der Waals surface area contributed by atoms with Crippen LogP contribution in [0.1, 0.15) is 5.69 Å². The molecule has 0 aliphatic rings. The molecule has 0 spiro atoms. The van der Waals surface area contributed by atoms with Gasteiger partial charge in [-0.15, -0.1) is 0 Å². The Morgan fingerprint density at radius 1 is 1.36 bits per heavy atom. The maximum Gasteiger partial charge on any atom is 0.433 e. The van der Waals surface area contributed by atoms with E-state index in [1.807, 2.05) is 0 Å². The molecule has 0 radical (unpaired) electrons. The van der Waals surface area contributed by atoms with E-state index in [4.69, 9.17) is 11.6 Å². The van der Waals surface area contributed by atoms with E-state index in [9.17, 15) is 13.2 Å². The summed E-state index contributed by atoms with van der Waals surface area (Å²) < 4.78 is 38.0. The van der Waals surface area contributed by atoms with Crippen molar-refractivity contribution in [2.75, 3.05) is 0 Å². The van der Waals surface area contributed by atoms with Crippen LogP contribution in [0.4, 0.5) is 13.2 Å². The Bertz CT molecular complexity index is 476. The normalized spacial score (nSPS) is 12.3. The summed E-state index contributed by atoms with van der Waals surface area (Å²) in [4.78, 5) is 3.68. The second-order valence-electron chi connectivity index (χ2n) is 2.56. The molecule has 0 aromatic carbocycles. The van der Waals surface area contributed by atoms with Gasteiger partial charge in [0.05, 0.1) is 6.20 Å². The first-order chi connectivity index (χ1) is 6.48. The molecule has 7 heteroatoms. The monoisotopic (exact) mass is 221 g/mol. The van der Waals surface area contributed by atoms with Gasteiger partial charge in [-0.1, -0.05) is 11.6 Å². The molecular formula is C7H3ClF3N3. The Morgan fingerprint density at radius 2 is 2.07 bits per heavy atom. The van der Waals surface area contributed by atoms with Crippen LogP contribution in [0.15, 0.2) is 18.3 Å². The summed E-state index contributed by atoms with van der Waals surface area (Å²) in [6.07, 6.45) is -3.26. The maximum absolute atomic E-state index is 12.4. The highest BCUT2D eigenvalue weighted by Gasteiger charge is 2.34. The molecule has 2 rings (SSSR count). The highest BCUT2D eigenvalue weighted by atomic mass is 35.5. The Hall–Kier alpha value is -1.30. The standard InChI is InChI=1S/C7H3ClF3N3/c8-5-3-4(7(9,10)11)14-6(13-5)1-2-12-14/h1-3H. The van der Waals surface area contributed by atoms with Gasteiger partial charge in [0.2, 0.25) is 0 Å². The van der Waals surface area contributed by atoms with Crippen molar-refractivity contribution in [2.45, 2.75) is 6.18 Å². The third kappa shape index (κ3) is 1.41. The molecule has 3 nitrogen and oxygen atoms in total. The summed E-state index contributed by atoms with van der Waals surface area (Å²) in [7, 11) is 0. The molecule has 0 saturated heterocycles. The Kier molecular flexibility index (Phi) is 1.88. The molecule has 0 bridgehead atoms. The zero-order valence-electron chi connectivity index (χ0n) is 6.59. The molecule has 0 aliphatic carbocycles. The van der Waals surface area contributed by atoms with Crippen LogP contribution in [0.5, 0.6) is 0 Å². The molecule has 14 heavy (non-hydrogen) atoms.